The zero-order valence-corrected chi connectivity index (χ0v) is 14.4. The maximum atomic E-state index is 5.96. The number of rotatable bonds is 6. The molecule has 0 radical (unpaired) electrons. The molecular formula is C18H29ClN2. The number of halogens is 1. The van der Waals surface area contributed by atoms with E-state index < -0.39 is 0 Å². The van der Waals surface area contributed by atoms with Crippen LogP contribution in [-0.4, -0.2) is 30.6 Å². The SMILES string of the molecule is CCCN1CCC(C(C)NC(C)c2ccc(Cl)cc2)CC1. The largest absolute Gasteiger partial charge is 0.307 e. The highest BCUT2D eigenvalue weighted by Gasteiger charge is 2.24. The van der Waals surface area contributed by atoms with Crippen molar-refractivity contribution >= 4 is 11.6 Å². The van der Waals surface area contributed by atoms with Crippen LogP contribution >= 0.6 is 11.6 Å². The molecule has 1 aliphatic rings. The lowest BCUT2D eigenvalue weighted by molar-refractivity contribution is 0.159. The summed E-state index contributed by atoms with van der Waals surface area (Å²) in [5.74, 6) is 0.799. The predicted octanol–water partition coefficient (Wildman–Crippen LogP) is 4.50. The molecule has 1 aromatic rings. The van der Waals surface area contributed by atoms with Crippen molar-refractivity contribution in [3.8, 4) is 0 Å². The zero-order chi connectivity index (χ0) is 15.2. The summed E-state index contributed by atoms with van der Waals surface area (Å²) in [4.78, 5) is 2.60. The van der Waals surface area contributed by atoms with Gasteiger partial charge in [0.1, 0.15) is 0 Å². The molecule has 0 saturated carbocycles. The van der Waals surface area contributed by atoms with Gasteiger partial charge < -0.3 is 10.2 Å². The van der Waals surface area contributed by atoms with Gasteiger partial charge in [-0.15, -0.1) is 0 Å². The summed E-state index contributed by atoms with van der Waals surface area (Å²) in [6.07, 6.45) is 3.91. The Kier molecular flexibility index (Phi) is 6.53. The van der Waals surface area contributed by atoms with E-state index in [0.29, 0.717) is 12.1 Å². The molecule has 2 nitrogen and oxygen atoms in total. The fourth-order valence-corrected chi connectivity index (χ4v) is 3.50. The van der Waals surface area contributed by atoms with Gasteiger partial charge in [-0.2, -0.15) is 0 Å². The van der Waals surface area contributed by atoms with Crippen LogP contribution in [0.15, 0.2) is 24.3 Å². The van der Waals surface area contributed by atoms with E-state index >= 15 is 0 Å². The molecule has 118 valence electrons. The Labute approximate surface area is 134 Å². The fraction of sp³-hybridized carbons (Fsp3) is 0.667. The molecule has 2 rings (SSSR count). The molecule has 0 spiro atoms. The van der Waals surface area contributed by atoms with Crippen LogP contribution in [0.3, 0.4) is 0 Å². The highest BCUT2D eigenvalue weighted by molar-refractivity contribution is 6.30. The molecule has 1 N–H and O–H groups in total. The number of likely N-dealkylation sites (tertiary alicyclic amines) is 1. The van der Waals surface area contributed by atoms with Crippen molar-refractivity contribution in [1.82, 2.24) is 10.2 Å². The number of piperidine rings is 1. The Morgan fingerprint density at radius 2 is 1.81 bits per heavy atom. The Balaban J connectivity index is 1.81. The molecule has 0 bridgehead atoms. The highest BCUT2D eigenvalue weighted by Crippen LogP contribution is 2.23. The van der Waals surface area contributed by atoms with Crippen molar-refractivity contribution in [3.05, 3.63) is 34.9 Å². The standard InChI is InChI=1S/C18H29ClN2/c1-4-11-21-12-9-17(10-13-21)15(3)20-14(2)16-5-7-18(19)8-6-16/h5-8,14-15,17,20H,4,9-13H2,1-3H3. The predicted molar refractivity (Wildman–Crippen MR) is 91.9 cm³/mol. The van der Waals surface area contributed by atoms with E-state index in [1.807, 2.05) is 12.1 Å². The van der Waals surface area contributed by atoms with E-state index in [2.05, 4.69) is 43.1 Å². The van der Waals surface area contributed by atoms with Gasteiger partial charge in [0.25, 0.3) is 0 Å². The monoisotopic (exact) mass is 308 g/mol. The third-order valence-corrected chi connectivity index (χ3v) is 5.01. The first-order valence-electron chi connectivity index (χ1n) is 8.34. The van der Waals surface area contributed by atoms with Crippen molar-refractivity contribution in [2.45, 2.75) is 52.1 Å². The van der Waals surface area contributed by atoms with E-state index in [0.717, 1.165) is 10.9 Å². The number of nitrogens with one attached hydrogen (secondary N) is 1. The second-order valence-corrected chi connectivity index (χ2v) is 6.84. The Bertz CT molecular complexity index is 410. The fourth-order valence-electron chi connectivity index (χ4n) is 3.37. The van der Waals surface area contributed by atoms with Crippen LogP contribution in [-0.2, 0) is 0 Å². The second kappa shape index (κ2) is 8.17. The Hall–Kier alpha value is -0.570. The third kappa shape index (κ3) is 4.98. The summed E-state index contributed by atoms with van der Waals surface area (Å²) in [6.45, 7) is 10.6. The summed E-state index contributed by atoms with van der Waals surface area (Å²) < 4.78 is 0. The second-order valence-electron chi connectivity index (χ2n) is 6.41. The summed E-state index contributed by atoms with van der Waals surface area (Å²) in [5.41, 5.74) is 1.31. The molecule has 2 atom stereocenters. The molecule has 2 unspecified atom stereocenters. The van der Waals surface area contributed by atoms with Gasteiger partial charge in [-0.3, -0.25) is 0 Å². The van der Waals surface area contributed by atoms with Crippen LogP contribution in [0.25, 0.3) is 0 Å². The minimum atomic E-state index is 0.380. The summed E-state index contributed by atoms with van der Waals surface area (Å²) in [5, 5.41) is 4.58. The minimum Gasteiger partial charge on any atom is -0.307 e. The van der Waals surface area contributed by atoms with Gasteiger partial charge in [-0.1, -0.05) is 30.7 Å². The van der Waals surface area contributed by atoms with Crippen molar-refractivity contribution < 1.29 is 0 Å². The lowest BCUT2D eigenvalue weighted by Gasteiger charge is -2.36. The molecule has 1 aromatic carbocycles. The number of nitrogens with zero attached hydrogens (tertiary/aromatic N) is 1. The molecule has 1 heterocycles. The summed E-state index contributed by atoms with van der Waals surface area (Å²) in [7, 11) is 0. The number of benzene rings is 1. The van der Waals surface area contributed by atoms with E-state index in [1.54, 1.807) is 0 Å². The normalized spacial score (nSPS) is 20.4. The zero-order valence-electron chi connectivity index (χ0n) is 13.6. The smallest absolute Gasteiger partial charge is 0.0406 e. The van der Waals surface area contributed by atoms with Gasteiger partial charge in [-0.05, 0) is 76.4 Å². The summed E-state index contributed by atoms with van der Waals surface area (Å²) in [6, 6.07) is 9.14. The van der Waals surface area contributed by atoms with Crippen LogP contribution in [0.4, 0.5) is 0 Å². The van der Waals surface area contributed by atoms with Crippen molar-refractivity contribution in [3.63, 3.8) is 0 Å². The van der Waals surface area contributed by atoms with E-state index in [-0.39, 0.29) is 0 Å². The molecule has 21 heavy (non-hydrogen) atoms. The molecular weight excluding hydrogens is 280 g/mol. The first-order chi connectivity index (χ1) is 10.1. The van der Waals surface area contributed by atoms with Crippen LogP contribution in [0, 0.1) is 5.92 Å². The van der Waals surface area contributed by atoms with Gasteiger partial charge in [0.2, 0.25) is 0 Å². The van der Waals surface area contributed by atoms with Crippen LogP contribution in [0.2, 0.25) is 5.02 Å². The molecule has 3 heteroatoms. The lowest BCUT2D eigenvalue weighted by atomic mass is 9.89. The average Bonchev–Trinajstić information content (AvgIpc) is 2.49. The first-order valence-corrected chi connectivity index (χ1v) is 8.71. The number of hydrogen-bond acceptors (Lipinski definition) is 2. The van der Waals surface area contributed by atoms with E-state index in [1.165, 1.54) is 44.5 Å². The van der Waals surface area contributed by atoms with Crippen molar-refractivity contribution in [1.29, 1.82) is 0 Å². The Morgan fingerprint density at radius 3 is 2.38 bits per heavy atom. The van der Waals surface area contributed by atoms with Crippen molar-refractivity contribution in [2.24, 2.45) is 5.92 Å². The lowest BCUT2D eigenvalue weighted by Crippen LogP contribution is -2.42. The molecule has 0 aromatic heterocycles. The maximum Gasteiger partial charge on any atom is 0.0406 e. The van der Waals surface area contributed by atoms with Gasteiger partial charge in [0.05, 0.1) is 0 Å². The molecule has 0 aliphatic carbocycles. The van der Waals surface area contributed by atoms with Gasteiger partial charge in [0, 0.05) is 17.1 Å². The Morgan fingerprint density at radius 1 is 1.19 bits per heavy atom. The topological polar surface area (TPSA) is 15.3 Å². The third-order valence-electron chi connectivity index (χ3n) is 4.76. The van der Waals surface area contributed by atoms with E-state index in [9.17, 15) is 0 Å². The average molecular weight is 309 g/mol. The quantitative estimate of drug-likeness (QED) is 0.832. The maximum absolute atomic E-state index is 5.96. The van der Waals surface area contributed by atoms with Gasteiger partial charge in [-0.25, -0.2) is 0 Å². The van der Waals surface area contributed by atoms with Gasteiger partial charge >= 0.3 is 0 Å². The molecule has 1 aliphatic heterocycles. The minimum absolute atomic E-state index is 0.380. The van der Waals surface area contributed by atoms with Crippen LogP contribution in [0.5, 0.6) is 0 Å². The van der Waals surface area contributed by atoms with Crippen molar-refractivity contribution in [2.75, 3.05) is 19.6 Å². The highest BCUT2D eigenvalue weighted by atomic mass is 35.5. The molecule has 0 amide bonds. The summed E-state index contributed by atoms with van der Waals surface area (Å²) >= 11 is 5.96. The first kappa shape index (κ1) is 16.8. The number of hydrogen-bond donors (Lipinski definition) is 1. The molecule has 1 saturated heterocycles. The van der Waals surface area contributed by atoms with Crippen LogP contribution in [0.1, 0.15) is 51.6 Å². The molecule has 1 fully saturated rings. The van der Waals surface area contributed by atoms with Gasteiger partial charge in [0.15, 0.2) is 0 Å². The van der Waals surface area contributed by atoms with E-state index in [4.69, 9.17) is 11.6 Å². The van der Waals surface area contributed by atoms with Crippen LogP contribution < -0.4 is 5.32 Å².